The molecule has 1 aromatic rings. The topological polar surface area (TPSA) is 120 Å². The SMILES string of the molecule is CCCN1CC=CC(CCC(=NO)c2ccc(OC)cc2)C1.O=C(O)C(=O)O. The summed E-state index contributed by atoms with van der Waals surface area (Å²) in [6.45, 7) is 5.53. The van der Waals surface area contributed by atoms with Crippen LogP contribution in [-0.2, 0) is 9.59 Å². The fourth-order valence-corrected chi connectivity index (χ4v) is 2.91. The molecular formula is C20H28N2O6. The van der Waals surface area contributed by atoms with E-state index in [0.29, 0.717) is 5.92 Å². The van der Waals surface area contributed by atoms with E-state index in [4.69, 9.17) is 24.5 Å². The minimum absolute atomic E-state index is 0.537. The highest BCUT2D eigenvalue weighted by Gasteiger charge is 2.16. The lowest BCUT2D eigenvalue weighted by Gasteiger charge is -2.28. The first-order chi connectivity index (χ1) is 13.4. The molecule has 1 aromatic carbocycles. The highest BCUT2D eigenvalue weighted by molar-refractivity contribution is 6.27. The van der Waals surface area contributed by atoms with Gasteiger partial charge in [-0.1, -0.05) is 24.2 Å². The lowest BCUT2D eigenvalue weighted by Crippen LogP contribution is -2.33. The van der Waals surface area contributed by atoms with Crippen molar-refractivity contribution >= 4 is 17.7 Å². The first kappa shape index (κ1) is 23.2. The van der Waals surface area contributed by atoms with Gasteiger partial charge in [-0.3, -0.25) is 4.90 Å². The van der Waals surface area contributed by atoms with Gasteiger partial charge in [0, 0.05) is 13.1 Å². The smallest absolute Gasteiger partial charge is 0.414 e. The van der Waals surface area contributed by atoms with Crippen LogP contribution in [0.25, 0.3) is 0 Å². The van der Waals surface area contributed by atoms with Crippen molar-refractivity contribution in [2.24, 2.45) is 11.1 Å². The molecule has 0 fully saturated rings. The molecule has 8 heteroatoms. The summed E-state index contributed by atoms with van der Waals surface area (Å²) in [5.74, 6) is -2.30. The van der Waals surface area contributed by atoms with E-state index in [1.54, 1.807) is 7.11 Å². The number of methoxy groups -OCH3 is 1. The minimum atomic E-state index is -1.82. The van der Waals surface area contributed by atoms with Crippen LogP contribution in [-0.4, -0.2) is 64.7 Å². The third-order valence-corrected chi connectivity index (χ3v) is 4.28. The molecular weight excluding hydrogens is 364 g/mol. The summed E-state index contributed by atoms with van der Waals surface area (Å²) in [4.78, 5) is 20.7. The molecule has 0 saturated heterocycles. The van der Waals surface area contributed by atoms with Crippen molar-refractivity contribution < 1.29 is 29.7 Å². The molecule has 0 amide bonds. The molecule has 0 saturated carbocycles. The summed E-state index contributed by atoms with van der Waals surface area (Å²) < 4.78 is 5.16. The third kappa shape index (κ3) is 8.22. The van der Waals surface area contributed by atoms with E-state index in [1.807, 2.05) is 24.3 Å². The van der Waals surface area contributed by atoms with Crippen LogP contribution in [0.15, 0.2) is 41.6 Å². The lowest BCUT2D eigenvalue weighted by atomic mass is 9.95. The maximum atomic E-state index is 9.30. The largest absolute Gasteiger partial charge is 0.497 e. The summed E-state index contributed by atoms with van der Waals surface area (Å²) in [5, 5.41) is 27.6. The molecule has 1 atom stereocenters. The van der Waals surface area contributed by atoms with Crippen LogP contribution < -0.4 is 4.74 Å². The molecule has 28 heavy (non-hydrogen) atoms. The Labute approximate surface area is 164 Å². The molecule has 2 rings (SSSR count). The van der Waals surface area contributed by atoms with Crippen LogP contribution in [0.3, 0.4) is 0 Å². The average molecular weight is 392 g/mol. The highest BCUT2D eigenvalue weighted by Crippen LogP contribution is 2.19. The van der Waals surface area contributed by atoms with E-state index in [9.17, 15) is 5.21 Å². The van der Waals surface area contributed by atoms with Crippen molar-refractivity contribution in [3.05, 3.63) is 42.0 Å². The minimum Gasteiger partial charge on any atom is -0.497 e. The van der Waals surface area contributed by atoms with E-state index in [2.05, 4.69) is 29.1 Å². The Balaban J connectivity index is 0.000000568. The van der Waals surface area contributed by atoms with Crippen molar-refractivity contribution in [2.75, 3.05) is 26.7 Å². The lowest BCUT2D eigenvalue weighted by molar-refractivity contribution is -0.159. The monoisotopic (exact) mass is 392 g/mol. The molecule has 3 N–H and O–H groups in total. The molecule has 0 aliphatic carbocycles. The van der Waals surface area contributed by atoms with Crippen molar-refractivity contribution in [3.63, 3.8) is 0 Å². The number of benzene rings is 1. The second kappa shape index (κ2) is 12.5. The molecule has 0 spiro atoms. The highest BCUT2D eigenvalue weighted by atomic mass is 16.5. The Morgan fingerprint density at radius 3 is 2.36 bits per heavy atom. The second-order valence-corrected chi connectivity index (χ2v) is 6.37. The van der Waals surface area contributed by atoms with E-state index >= 15 is 0 Å². The molecule has 0 bridgehead atoms. The molecule has 1 aliphatic rings. The van der Waals surface area contributed by atoms with Crippen molar-refractivity contribution in [2.45, 2.75) is 26.2 Å². The number of carbonyl (C=O) groups is 2. The van der Waals surface area contributed by atoms with Crippen molar-refractivity contribution in [1.29, 1.82) is 0 Å². The van der Waals surface area contributed by atoms with Gasteiger partial charge in [0.05, 0.1) is 12.8 Å². The summed E-state index contributed by atoms with van der Waals surface area (Å²) in [6.07, 6.45) is 7.53. The Morgan fingerprint density at radius 2 is 1.86 bits per heavy atom. The summed E-state index contributed by atoms with van der Waals surface area (Å²) in [6, 6.07) is 7.66. The van der Waals surface area contributed by atoms with Gasteiger partial charge in [0.15, 0.2) is 0 Å². The molecule has 1 unspecified atom stereocenters. The zero-order chi connectivity index (χ0) is 20.9. The third-order valence-electron chi connectivity index (χ3n) is 4.28. The number of hydrogen-bond donors (Lipinski definition) is 3. The molecule has 0 radical (unpaired) electrons. The van der Waals surface area contributed by atoms with Gasteiger partial charge >= 0.3 is 11.9 Å². The fourth-order valence-electron chi connectivity index (χ4n) is 2.91. The Bertz CT molecular complexity index is 672. The number of nitrogens with zero attached hydrogens (tertiary/aromatic N) is 2. The normalized spacial score (nSPS) is 16.8. The van der Waals surface area contributed by atoms with Crippen LogP contribution in [0.4, 0.5) is 0 Å². The van der Waals surface area contributed by atoms with Crippen molar-refractivity contribution in [1.82, 2.24) is 4.90 Å². The van der Waals surface area contributed by atoms with E-state index in [-0.39, 0.29) is 0 Å². The number of aliphatic carboxylic acids is 2. The Morgan fingerprint density at radius 1 is 1.21 bits per heavy atom. The van der Waals surface area contributed by atoms with E-state index in [0.717, 1.165) is 49.5 Å². The van der Waals surface area contributed by atoms with Gasteiger partial charge in [0.25, 0.3) is 0 Å². The Kier molecular flexibility index (Phi) is 10.3. The summed E-state index contributed by atoms with van der Waals surface area (Å²) in [5.41, 5.74) is 1.69. The molecule has 1 aliphatic heterocycles. The zero-order valence-corrected chi connectivity index (χ0v) is 16.2. The van der Waals surface area contributed by atoms with Gasteiger partial charge in [-0.2, -0.15) is 0 Å². The number of oxime groups is 1. The van der Waals surface area contributed by atoms with Gasteiger partial charge in [0.2, 0.25) is 0 Å². The first-order valence-electron chi connectivity index (χ1n) is 9.11. The Hall–Kier alpha value is -2.87. The number of hydrogen-bond acceptors (Lipinski definition) is 6. The standard InChI is InChI=1S/C18H26N2O2.C2H2O4/c1-3-12-20-13-4-5-15(14-20)6-11-18(19-21)16-7-9-17(22-2)10-8-16;3-1(4)2(5)6/h4-5,7-10,15,21H,3,6,11-14H2,1-2H3;(H,3,4)(H,5,6). The van der Waals surface area contributed by atoms with E-state index < -0.39 is 11.9 Å². The predicted octanol–water partition coefficient (Wildman–Crippen LogP) is 2.71. The number of rotatable bonds is 7. The van der Waals surface area contributed by atoms with Crippen LogP contribution >= 0.6 is 0 Å². The number of carboxylic acid groups (broad SMARTS) is 2. The van der Waals surface area contributed by atoms with Gasteiger partial charge in [-0.25, -0.2) is 9.59 Å². The number of carboxylic acids is 2. The van der Waals surface area contributed by atoms with Gasteiger partial charge in [-0.15, -0.1) is 0 Å². The fraction of sp³-hybridized carbons (Fsp3) is 0.450. The number of ether oxygens (including phenoxy) is 1. The maximum absolute atomic E-state index is 9.30. The molecule has 0 aromatic heterocycles. The van der Waals surface area contributed by atoms with Gasteiger partial charge in [-0.05, 0) is 61.6 Å². The van der Waals surface area contributed by atoms with Crippen LogP contribution in [0.1, 0.15) is 31.7 Å². The quantitative estimate of drug-likeness (QED) is 0.214. The van der Waals surface area contributed by atoms with Crippen LogP contribution in [0, 0.1) is 5.92 Å². The van der Waals surface area contributed by atoms with E-state index in [1.165, 1.54) is 6.42 Å². The van der Waals surface area contributed by atoms with Crippen molar-refractivity contribution in [3.8, 4) is 5.75 Å². The molecule has 154 valence electrons. The first-order valence-corrected chi connectivity index (χ1v) is 9.11. The van der Waals surface area contributed by atoms with Gasteiger partial charge < -0.3 is 20.2 Å². The maximum Gasteiger partial charge on any atom is 0.414 e. The second-order valence-electron chi connectivity index (χ2n) is 6.37. The zero-order valence-electron chi connectivity index (χ0n) is 16.2. The summed E-state index contributed by atoms with van der Waals surface area (Å²) >= 11 is 0. The molecule has 1 heterocycles. The molecule has 8 nitrogen and oxygen atoms in total. The average Bonchev–Trinajstić information content (AvgIpc) is 2.70. The van der Waals surface area contributed by atoms with Crippen LogP contribution in [0.2, 0.25) is 0 Å². The predicted molar refractivity (Wildman–Crippen MR) is 105 cm³/mol. The van der Waals surface area contributed by atoms with Crippen LogP contribution in [0.5, 0.6) is 5.75 Å². The summed E-state index contributed by atoms with van der Waals surface area (Å²) in [7, 11) is 1.65. The van der Waals surface area contributed by atoms with Gasteiger partial charge in [0.1, 0.15) is 5.75 Å².